The number of carboxylic acid groups (broad SMARTS) is 3. The van der Waals surface area contributed by atoms with Crippen molar-refractivity contribution in [2.75, 3.05) is 26.4 Å². The summed E-state index contributed by atoms with van der Waals surface area (Å²) < 4.78 is 39.1. The Labute approximate surface area is 610 Å². The molecule has 26 nitrogen and oxygen atoms in total. The summed E-state index contributed by atoms with van der Waals surface area (Å²) in [5.41, 5.74) is 6.73. The van der Waals surface area contributed by atoms with Crippen LogP contribution in [0.3, 0.4) is 0 Å². The topological polar surface area (TPSA) is 400 Å². The van der Waals surface area contributed by atoms with Crippen molar-refractivity contribution in [2.45, 2.75) is 101 Å². The molecule has 0 radical (unpaired) electrons. The largest absolute Gasteiger partial charge is 0.494 e. The molecule has 9 rings (SSSR count). The summed E-state index contributed by atoms with van der Waals surface area (Å²) in [5, 5.41) is 27.8. The molecule has 0 atom stereocenters. The van der Waals surface area contributed by atoms with E-state index in [0.29, 0.717) is 45.9 Å². The Kier molecular flexibility index (Phi) is 36.7. The van der Waals surface area contributed by atoms with Crippen LogP contribution in [-0.2, 0) is 65.1 Å². The van der Waals surface area contributed by atoms with E-state index in [1.807, 2.05) is 89.2 Å². The van der Waals surface area contributed by atoms with E-state index in [2.05, 4.69) is 48.8 Å². The number of esters is 4. The number of hydrogen-bond donors (Lipinski definition) is 3. The van der Waals surface area contributed by atoms with Crippen LogP contribution in [0.15, 0.2) is 155 Å². The van der Waals surface area contributed by atoms with Crippen LogP contribution in [0.1, 0.15) is 160 Å². The molecule has 0 spiro atoms. The lowest BCUT2D eigenvalue weighted by atomic mass is 9.77. The van der Waals surface area contributed by atoms with Crippen LogP contribution < -0.4 is 10.2 Å². The lowest BCUT2D eigenvalue weighted by Gasteiger charge is -2.32. The van der Waals surface area contributed by atoms with Crippen molar-refractivity contribution in [1.82, 2.24) is 15.0 Å². The molecule has 1 fully saturated rings. The number of carbonyl (C=O) groups is 8. The molecule has 3 aromatic heterocycles. The second kappa shape index (κ2) is 42.9. The normalized spacial score (nSPS) is 11.6. The molecule has 542 valence electrons. The van der Waals surface area contributed by atoms with E-state index in [-0.39, 0.29) is 108 Å². The van der Waals surface area contributed by atoms with Gasteiger partial charge in [0.25, 0.3) is 6.47 Å². The second-order valence-corrected chi connectivity index (χ2v) is 23.4. The number of halogens is 2. The molecule has 8 aromatic rings. The molecule has 4 heterocycles. The number of nitrogens with zero attached hydrogens (tertiary/aromatic N) is 3. The summed E-state index contributed by atoms with van der Waals surface area (Å²) >= 11 is 6.44. The van der Waals surface area contributed by atoms with Gasteiger partial charge in [-0.25, -0.2) is 48.5 Å². The van der Waals surface area contributed by atoms with E-state index in [1.165, 1.54) is 36.4 Å². The first kappa shape index (κ1) is 88.1. The van der Waals surface area contributed by atoms with Crippen molar-refractivity contribution >= 4 is 105 Å². The van der Waals surface area contributed by atoms with Gasteiger partial charge in [-0.05, 0) is 238 Å². The summed E-state index contributed by atoms with van der Waals surface area (Å²) in [4.78, 5) is 140. The van der Waals surface area contributed by atoms with Crippen LogP contribution in [0.5, 0.6) is 5.75 Å². The second-order valence-electron chi connectivity index (χ2n) is 21.8. The number of aromatic carboxylic acids is 3. The number of ether oxygens (including phenoxy) is 5. The van der Waals surface area contributed by atoms with Crippen LogP contribution in [0.25, 0.3) is 45.0 Å². The maximum Gasteiger partial charge on any atom is 0.494 e. The monoisotopic (exact) mass is 1540 g/mol. The summed E-state index contributed by atoms with van der Waals surface area (Å²) in [6, 6.07) is 39.4. The van der Waals surface area contributed by atoms with Gasteiger partial charge in [0.05, 0.1) is 99.3 Å². The van der Waals surface area contributed by atoms with Gasteiger partial charge >= 0.3 is 61.2 Å². The fourth-order valence-electron chi connectivity index (χ4n) is 9.10. The third kappa shape index (κ3) is 26.5. The van der Waals surface area contributed by atoms with Crippen molar-refractivity contribution in [2.24, 2.45) is 0 Å². The lowest BCUT2D eigenvalue weighted by Crippen LogP contribution is -2.41. The molecule has 103 heavy (non-hydrogen) atoms. The minimum Gasteiger partial charge on any atom is -0.478 e. The van der Waals surface area contributed by atoms with E-state index in [0.717, 1.165) is 50.3 Å². The highest BCUT2D eigenvalue weighted by atomic mass is 79.9. The van der Waals surface area contributed by atoms with Gasteiger partial charge in [-0.3, -0.25) is 4.79 Å². The smallest absolute Gasteiger partial charge is 0.478 e. The maximum atomic E-state index is 12.4. The first-order chi connectivity index (χ1) is 48.0. The molecule has 0 bridgehead atoms. The van der Waals surface area contributed by atoms with Crippen molar-refractivity contribution in [3.05, 3.63) is 205 Å². The van der Waals surface area contributed by atoms with Gasteiger partial charge < -0.3 is 53.8 Å². The van der Waals surface area contributed by atoms with Crippen molar-refractivity contribution in [1.29, 1.82) is 0 Å². The van der Waals surface area contributed by atoms with Crippen molar-refractivity contribution in [3.8, 4) is 50.8 Å². The summed E-state index contributed by atoms with van der Waals surface area (Å²) in [6.07, 6.45) is 2.07. The zero-order valence-electron chi connectivity index (χ0n) is 56.9. The minimum absolute atomic E-state index is 0. The van der Waals surface area contributed by atoms with E-state index in [1.54, 1.807) is 76.2 Å². The van der Waals surface area contributed by atoms with E-state index >= 15 is 0 Å². The standard InChI is InChI=1S/C28H29NO6.C21H13NO8.C17H25BO4.C5H3Br2N.2CO2.CH4.H2O/c1-5-18-12-19(14-21(13-18)26(30)33-6-2)24-10-9-11-25(29-24)20-15-22(27(31)34-7-3)17-23(16-20)28(32)35-8-4;23-10-30-16-8-12(6-15(9-16)21(28)29)18-3-1-2-17(22-18)11-4-13(19(24)25)7-14(5-11)20(26)27;1-7-12-9-13(15(19)20-8-2)11-14(10-12)18-21-16(3,4)17(5,6)22-18;6-4-2-1-3-5(7)8-4;2*2-1-3;;/h9-17H,5-8H2,1-4H3;1-10H,(H,24,25)(H,26,27)(H,28,29);9-11H,7-8H2,1-6H3;1-3H;;;1H4;1H2. The highest BCUT2D eigenvalue weighted by Crippen LogP contribution is 2.37. The SMILES string of the molecule is Brc1cccc(Br)n1.C.CCOC(=O)c1cc(CC)cc(-c2cccc(-c3cc(C(=O)OCC)cc(C(=O)OCC)c3)n2)c1.CCOC(=O)c1cc(CC)cc(B2OC(C)(C)C(C)(C)O2)c1.O.O=C=O.O=C=O.O=COc1cc(C(=O)O)cc(-c2cccc(-c3cc(C(=O)O)cc(C(=O)O)c3)n2)c1. The number of rotatable bonds is 20. The Morgan fingerprint density at radius 1 is 0.447 bits per heavy atom. The van der Waals surface area contributed by atoms with Gasteiger partial charge in [0.15, 0.2) is 0 Å². The van der Waals surface area contributed by atoms with Gasteiger partial charge in [-0.1, -0.05) is 45.5 Å². The molecule has 29 heteroatoms. The number of aryl methyl sites for hydroxylation is 2. The Morgan fingerprint density at radius 3 is 1.08 bits per heavy atom. The predicted molar refractivity (Wildman–Crippen MR) is 383 cm³/mol. The zero-order chi connectivity index (χ0) is 75.1. The zero-order valence-corrected chi connectivity index (χ0v) is 60.1. The molecular weight excluding hydrogens is 1470 g/mol. The van der Waals surface area contributed by atoms with Crippen LogP contribution in [0, 0.1) is 0 Å². The highest BCUT2D eigenvalue weighted by Gasteiger charge is 2.52. The summed E-state index contributed by atoms with van der Waals surface area (Å²) in [5.74, 6) is -5.58. The number of hydrogen-bond acceptors (Lipinski definition) is 22. The first-order valence-corrected chi connectivity index (χ1v) is 32.4. The Bertz CT molecular complexity index is 4250. The molecule has 0 saturated carbocycles. The van der Waals surface area contributed by atoms with Crippen molar-refractivity contribution in [3.63, 3.8) is 0 Å². The molecule has 0 aliphatic carbocycles. The Balaban J connectivity index is 0.000000482. The molecule has 1 saturated heterocycles. The number of carboxylic acids is 3. The number of pyridine rings is 3. The highest BCUT2D eigenvalue weighted by molar-refractivity contribution is 9.11. The molecular formula is C74H76BBr2N3O23. The number of benzene rings is 5. The Morgan fingerprint density at radius 2 is 0.748 bits per heavy atom. The van der Waals surface area contributed by atoms with Crippen LogP contribution >= 0.6 is 31.9 Å². The molecule has 5 aromatic carbocycles. The van der Waals surface area contributed by atoms with Gasteiger partial charge in [0, 0.05) is 22.3 Å². The average molecular weight is 1550 g/mol. The quantitative estimate of drug-likeness (QED) is 0.0210. The predicted octanol–water partition coefficient (Wildman–Crippen LogP) is 12.5. The van der Waals surface area contributed by atoms with Gasteiger partial charge in [-0.2, -0.15) is 19.2 Å². The fraction of sp³-hybridized carbons (Fsp3) is 0.257. The molecule has 0 amide bonds. The molecule has 5 N–H and O–H groups in total. The first-order valence-electron chi connectivity index (χ1n) is 30.8. The van der Waals surface area contributed by atoms with Gasteiger partial charge in [0.2, 0.25) is 0 Å². The van der Waals surface area contributed by atoms with E-state index < -0.39 is 48.2 Å². The maximum absolute atomic E-state index is 12.4. The van der Waals surface area contributed by atoms with Crippen LogP contribution in [-0.4, -0.2) is 141 Å². The molecule has 1 aliphatic rings. The Hall–Kier alpha value is -11.0. The number of carbonyl (C=O) groups excluding carboxylic acids is 9. The van der Waals surface area contributed by atoms with Crippen LogP contribution in [0.4, 0.5) is 0 Å². The molecule has 1 aliphatic heterocycles. The van der Waals surface area contributed by atoms with Crippen LogP contribution in [0.2, 0.25) is 0 Å². The molecule has 0 unspecified atom stereocenters. The van der Waals surface area contributed by atoms with E-state index in [4.69, 9.17) is 57.2 Å². The summed E-state index contributed by atoms with van der Waals surface area (Å²) in [7, 11) is -0.468. The van der Waals surface area contributed by atoms with Gasteiger partial charge in [-0.15, -0.1) is 0 Å². The third-order valence-corrected chi connectivity index (χ3v) is 15.3. The number of aromatic nitrogens is 3. The summed E-state index contributed by atoms with van der Waals surface area (Å²) in [6.45, 7) is 20.4. The fourth-order valence-corrected chi connectivity index (χ4v) is 10.0. The van der Waals surface area contributed by atoms with Crippen molar-refractivity contribution < 1.29 is 111 Å². The third-order valence-electron chi connectivity index (χ3n) is 14.5. The minimum atomic E-state index is -1.29. The average Bonchev–Trinajstić information content (AvgIpc) is 1.69. The van der Waals surface area contributed by atoms with E-state index in [9.17, 15) is 53.7 Å². The van der Waals surface area contributed by atoms with Gasteiger partial charge in [0.1, 0.15) is 15.0 Å². The lowest BCUT2D eigenvalue weighted by molar-refractivity contribution is -0.193.